The molecule has 156 valence electrons. The van der Waals surface area contributed by atoms with Gasteiger partial charge in [-0.25, -0.2) is 4.79 Å². The molecular formula is C22H24N4O3S. The van der Waals surface area contributed by atoms with Crippen LogP contribution in [0.2, 0.25) is 0 Å². The van der Waals surface area contributed by atoms with Gasteiger partial charge in [-0.3, -0.25) is 14.4 Å². The van der Waals surface area contributed by atoms with E-state index < -0.39 is 6.09 Å². The van der Waals surface area contributed by atoms with Crippen LogP contribution in [0, 0.1) is 6.92 Å². The summed E-state index contributed by atoms with van der Waals surface area (Å²) in [5.74, 6) is -0.140. The average molecular weight is 425 g/mol. The summed E-state index contributed by atoms with van der Waals surface area (Å²) in [6.45, 7) is 2.46. The van der Waals surface area contributed by atoms with E-state index in [1.807, 2.05) is 19.1 Å². The van der Waals surface area contributed by atoms with Gasteiger partial charge < -0.3 is 10.4 Å². The molecule has 1 aromatic carbocycles. The first-order valence-corrected chi connectivity index (χ1v) is 11.3. The van der Waals surface area contributed by atoms with Crippen molar-refractivity contribution in [1.29, 1.82) is 0 Å². The third kappa shape index (κ3) is 3.25. The number of benzene rings is 1. The number of aromatic nitrogens is 2. The number of aryl methyl sites for hydroxylation is 1. The summed E-state index contributed by atoms with van der Waals surface area (Å²) in [6, 6.07) is 7.77. The van der Waals surface area contributed by atoms with E-state index in [0.29, 0.717) is 35.3 Å². The number of rotatable bonds is 3. The highest BCUT2D eigenvalue weighted by atomic mass is 32.1. The standard InChI is InChI=1S/C22H24N4O3S/c1-13-17-12-19(30-21(17)26(24-13)16-5-3-2-4-6-16)20(27)23-15-7-8-18-14(11-15)9-10-25(18)22(28)29/h7-8,11-12,16H,2-6,9-10H2,1H3,(H,23,27)(H,28,29). The van der Waals surface area contributed by atoms with Crippen molar-refractivity contribution in [3.8, 4) is 0 Å². The van der Waals surface area contributed by atoms with Crippen molar-refractivity contribution in [2.75, 3.05) is 16.8 Å². The minimum Gasteiger partial charge on any atom is -0.465 e. The molecule has 1 aliphatic heterocycles. The van der Waals surface area contributed by atoms with Crippen molar-refractivity contribution in [2.24, 2.45) is 0 Å². The highest BCUT2D eigenvalue weighted by Crippen LogP contribution is 2.36. The Bertz CT molecular complexity index is 1140. The summed E-state index contributed by atoms with van der Waals surface area (Å²) < 4.78 is 2.14. The Hall–Kier alpha value is -2.87. The second kappa shape index (κ2) is 7.43. The fraction of sp³-hybridized carbons (Fsp3) is 0.409. The third-order valence-corrected chi connectivity index (χ3v) is 7.30. The molecule has 0 bridgehead atoms. The van der Waals surface area contributed by atoms with Gasteiger partial charge in [0, 0.05) is 17.6 Å². The number of nitrogens with zero attached hydrogens (tertiary/aromatic N) is 3. The molecule has 1 aliphatic carbocycles. The molecule has 0 atom stereocenters. The van der Waals surface area contributed by atoms with E-state index in [9.17, 15) is 14.7 Å². The first-order valence-electron chi connectivity index (χ1n) is 10.4. The van der Waals surface area contributed by atoms with E-state index >= 15 is 0 Å². The lowest BCUT2D eigenvalue weighted by Crippen LogP contribution is -2.26. The highest BCUT2D eigenvalue weighted by molar-refractivity contribution is 7.20. The normalized spacial score (nSPS) is 16.8. The molecule has 30 heavy (non-hydrogen) atoms. The largest absolute Gasteiger partial charge is 0.465 e. The van der Waals surface area contributed by atoms with Crippen LogP contribution in [0.25, 0.3) is 10.2 Å². The summed E-state index contributed by atoms with van der Waals surface area (Å²) >= 11 is 1.50. The Labute approximate surface area is 178 Å². The molecule has 0 spiro atoms. The Balaban J connectivity index is 1.38. The molecule has 3 heterocycles. The number of carbonyl (C=O) groups excluding carboxylic acids is 1. The van der Waals surface area contributed by atoms with Crippen molar-refractivity contribution in [2.45, 2.75) is 51.5 Å². The molecule has 1 fully saturated rings. The molecule has 2 aromatic heterocycles. The molecule has 3 aromatic rings. The van der Waals surface area contributed by atoms with Crippen molar-refractivity contribution in [1.82, 2.24) is 9.78 Å². The van der Waals surface area contributed by atoms with Gasteiger partial charge in [-0.1, -0.05) is 19.3 Å². The van der Waals surface area contributed by atoms with Crippen LogP contribution < -0.4 is 10.2 Å². The van der Waals surface area contributed by atoms with Crippen LogP contribution in [-0.2, 0) is 6.42 Å². The fourth-order valence-corrected chi connectivity index (χ4v) is 5.76. The van der Waals surface area contributed by atoms with Crippen LogP contribution >= 0.6 is 11.3 Å². The molecule has 8 heteroatoms. The molecule has 1 saturated carbocycles. The number of anilines is 2. The second-order valence-electron chi connectivity index (χ2n) is 8.13. The van der Waals surface area contributed by atoms with E-state index in [2.05, 4.69) is 10.00 Å². The lowest BCUT2D eigenvalue weighted by Gasteiger charge is -2.22. The fourth-order valence-electron chi connectivity index (χ4n) is 4.63. The Morgan fingerprint density at radius 1 is 1.20 bits per heavy atom. The van der Waals surface area contributed by atoms with E-state index in [0.717, 1.165) is 34.3 Å². The van der Waals surface area contributed by atoms with Crippen molar-refractivity contribution >= 4 is 44.9 Å². The van der Waals surface area contributed by atoms with Crippen molar-refractivity contribution < 1.29 is 14.7 Å². The minimum atomic E-state index is -0.946. The zero-order chi connectivity index (χ0) is 20.8. The van der Waals surface area contributed by atoms with Crippen LogP contribution in [-0.4, -0.2) is 33.4 Å². The average Bonchev–Trinajstić information content (AvgIpc) is 3.43. The van der Waals surface area contributed by atoms with E-state index in [1.54, 1.807) is 12.1 Å². The molecule has 5 rings (SSSR count). The van der Waals surface area contributed by atoms with Gasteiger partial charge in [0.2, 0.25) is 0 Å². The van der Waals surface area contributed by atoms with E-state index in [-0.39, 0.29) is 5.91 Å². The zero-order valence-electron chi connectivity index (χ0n) is 16.9. The highest BCUT2D eigenvalue weighted by Gasteiger charge is 2.25. The van der Waals surface area contributed by atoms with Gasteiger partial charge >= 0.3 is 6.09 Å². The van der Waals surface area contributed by atoms with E-state index in [4.69, 9.17) is 5.10 Å². The molecule has 0 unspecified atom stereocenters. The van der Waals surface area contributed by atoms with Crippen molar-refractivity contribution in [3.63, 3.8) is 0 Å². The predicted octanol–water partition coefficient (Wildman–Crippen LogP) is 5.20. The monoisotopic (exact) mass is 424 g/mol. The van der Waals surface area contributed by atoms with Crippen LogP contribution in [0.3, 0.4) is 0 Å². The van der Waals surface area contributed by atoms with Crippen LogP contribution in [0.4, 0.5) is 16.2 Å². The molecular weight excluding hydrogens is 400 g/mol. The maximum Gasteiger partial charge on any atom is 0.411 e. The first kappa shape index (κ1) is 19.1. The van der Waals surface area contributed by atoms with Crippen LogP contribution in [0.15, 0.2) is 24.3 Å². The van der Waals surface area contributed by atoms with Gasteiger partial charge in [-0.05, 0) is 56.0 Å². The molecule has 2 amide bonds. The SMILES string of the molecule is Cc1nn(C2CCCCC2)c2sc(C(=O)Nc3ccc4c(c3)CCN4C(=O)O)cc12. The number of hydrogen-bond donors (Lipinski definition) is 2. The Morgan fingerprint density at radius 2 is 2.00 bits per heavy atom. The van der Waals surface area contributed by atoms with Crippen LogP contribution in [0.5, 0.6) is 0 Å². The number of amides is 2. The maximum atomic E-state index is 12.9. The maximum absolute atomic E-state index is 12.9. The van der Waals surface area contributed by atoms with Gasteiger partial charge in [0.05, 0.1) is 22.3 Å². The Morgan fingerprint density at radius 3 is 2.77 bits per heavy atom. The zero-order valence-corrected chi connectivity index (χ0v) is 17.7. The first-order chi connectivity index (χ1) is 14.5. The summed E-state index contributed by atoms with van der Waals surface area (Å²) in [5, 5.41) is 18.1. The molecule has 2 aliphatic rings. The quantitative estimate of drug-likeness (QED) is 0.605. The smallest absolute Gasteiger partial charge is 0.411 e. The molecule has 0 radical (unpaired) electrons. The summed E-state index contributed by atoms with van der Waals surface area (Å²) in [7, 11) is 0. The van der Waals surface area contributed by atoms with Gasteiger partial charge in [-0.2, -0.15) is 5.10 Å². The van der Waals surface area contributed by atoms with Crippen molar-refractivity contribution in [3.05, 3.63) is 40.4 Å². The summed E-state index contributed by atoms with van der Waals surface area (Å²) in [5.41, 5.74) is 3.30. The van der Waals surface area contributed by atoms with Gasteiger partial charge in [0.25, 0.3) is 5.91 Å². The predicted molar refractivity (Wildman–Crippen MR) is 118 cm³/mol. The third-order valence-electron chi connectivity index (χ3n) is 6.18. The molecule has 7 nitrogen and oxygen atoms in total. The number of carbonyl (C=O) groups is 2. The lowest BCUT2D eigenvalue weighted by molar-refractivity contribution is 0.103. The minimum absolute atomic E-state index is 0.140. The van der Waals surface area contributed by atoms with Crippen LogP contribution in [0.1, 0.15) is 59.1 Å². The lowest BCUT2D eigenvalue weighted by atomic mass is 9.96. The summed E-state index contributed by atoms with van der Waals surface area (Å²) in [4.78, 5) is 27.3. The Kier molecular flexibility index (Phi) is 4.73. The second-order valence-corrected chi connectivity index (χ2v) is 9.16. The van der Waals surface area contributed by atoms with Gasteiger partial charge in [0.15, 0.2) is 0 Å². The van der Waals surface area contributed by atoms with Gasteiger partial charge in [0.1, 0.15) is 4.83 Å². The summed E-state index contributed by atoms with van der Waals surface area (Å²) in [6.07, 6.45) is 5.78. The molecule has 0 saturated heterocycles. The number of thiophene rings is 1. The topological polar surface area (TPSA) is 87.5 Å². The number of carboxylic acid groups (broad SMARTS) is 1. The van der Waals surface area contributed by atoms with Gasteiger partial charge in [-0.15, -0.1) is 11.3 Å². The molecule has 2 N–H and O–H groups in total. The number of fused-ring (bicyclic) bond motifs is 2. The number of nitrogens with one attached hydrogen (secondary N) is 1. The number of hydrogen-bond acceptors (Lipinski definition) is 4. The van der Waals surface area contributed by atoms with E-state index in [1.165, 1.54) is 35.5 Å².